The summed E-state index contributed by atoms with van der Waals surface area (Å²) in [7, 11) is 0. The lowest BCUT2D eigenvalue weighted by Gasteiger charge is -2.06. The summed E-state index contributed by atoms with van der Waals surface area (Å²) < 4.78 is 0. The van der Waals surface area contributed by atoms with Gasteiger partial charge in [0, 0.05) is 5.69 Å². The van der Waals surface area contributed by atoms with Gasteiger partial charge < -0.3 is 5.73 Å². The maximum atomic E-state index is 5.63. The van der Waals surface area contributed by atoms with E-state index in [0.717, 1.165) is 22.4 Å². The van der Waals surface area contributed by atoms with Crippen LogP contribution in [0, 0.1) is 0 Å². The second kappa shape index (κ2) is 5.20. The first kappa shape index (κ1) is 11.3. The fraction of sp³-hybridized carbons (Fsp3) is 0.143. The van der Waals surface area contributed by atoms with E-state index in [4.69, 9.17) is 5.73 Å². The molecule has 0 unspecified atom stereocenters. The van der Waals surface area contributed by atoms with Crippen molar-refractivity contribution in [2.45, 2.75) is 13.8 Å². The molecule has 0 atom stereocenters. The van der Waals surface area contributed by atoms with E-state index in [2.05, 4.69) is 19.6 Å². The average Bonchev–Trinajstić information content (AvgIpc) is 2.26. The number of benzene rings is 1. The molecule has 1 aromatic carbocycles. The molecule has 0 fully saturated rings. The summed E-state index contributed by atoms with van der Waals surface area (Å²) >= 11 is 0. The van der Waals surface area contributed by atoms with Crippen molar-refractivity contribution in [2.75, 3.05) is 5.73 Å². The normalized spacial score (nSPS) is 12.0. The lowest BCUT2D eigenvalue weighted by Crippen LogP contribution is -1.87. The minimum atomic E-state index is 0.779. The Bertz CT molecular complexity index is 394. The van der Waals surface area contributed by atoms with Crippen molar-refractivity contribution in [1.29, 1.82) is 0 Å². The molecule has 0 amide bonds. The van der Waals surface area contributed by atoms with Crippen LogP contribution in [0.15, 0.2) is 54.6 Å². The standard InChI is InChI=1S/C14H17N/c1-4-5-6-11(2)12(3)13-7-9-14(15)10-8-13/h4-10H,3,15H2,1-2H3/b5-4-,11-6+. The number of hydrogen-bond donors (Lipinski definition) is 1. The van der Waals surface area contributed by atoms with Gasteiger partial charge in [0.1, 0.15) is 0 Å². The van der Waals surface area contributed by atoms with Crippen LogP contribution in [0.25, 0.3) is 5.57 Å². The Morgan fingerprint density at radius 1 is 1.27 bits per heavy atom. The van der Waals surface area contributed by atoms with E-state index in [-0.39, 0.29) is 0 Å². The molecule has 1 nitrogen and oxygen atoms in total. The molecular weight excluding hydrogens is 182 g/mol. The zero-order valence-electron chi connectivity index (χ0n) is 9.33. The monoisotopic (exact) mass is 199 g/mol. The summed E-state index contributed by atoms with van der Waals surface area (Å²) in [6, 6.07) is 7.77. The fourth-order valence-electron chi connectivity index (χ4n) is 1.25. The van der Waals surface area contributed by atoms with Gasteiger partial charge in [-0.05, 0) is 42.7 Å². The second-order valence-corrected chi connectivity index (χ2v) is 3.48. The molecule has 78 valence electrons. The molecule has 0 aliphatic rings. The third kappa shape index (κ3) is 3.13. The molecule has 0 spiro atoms. The summed E-state index contributed by atoms with van der Waals surface area (Å²) in [6.45, 7) is 8.11. The number of anilines is 1. The molecule has 1 rings (SSSR count). The summed E-state index contributed by atoms with van der Waals surface area (Å²) in [5.74, 6) is 0. The lowest BCUT2D eigenvalue weighted by atomic mass is 10.0. The van der Waals surface area contributed by atoms with Crippen LogP contribution in [0.2, 0.25) is 0 Å². The van der Waals surface area contributed by atoms with Crippen molar-refractivity contribution in [1.82, 2.24) is 0 Å². The highest BCUT2D eigenvalue weighted by atomic mass is 14.5. The van der Waals surface area contributed by atoms with Gasteiger partial charge >= 0.3 is 0 Å². The van der Waals surface area contributed by atoms with E-state index in [1.54, 1.807) is 0 Å². The van der Waals surface area contributed by atoms with Gasteiger partial charge in [-0.3, -0.25) is 0 Å². The number of allylic oxidation sites excluding steroid dienone is 5. The quantitative estimate of drug-likeness (QED) is 0.581. The molecule has 15 heavy (non-hydrogen) atoms. The van der Waals surface area contributed by atoms with Gasteiger partial charge in [0.25, 0.3) is 0 Å². The summed E-state index contributed by atoms with van der Waals surface area (Å²) in [4.78, 5) is 0. The van der Waals surface area contributed by atoms with Crippen LogP contribution in [-0.2, 0) is 0 Å². The number of rotatable bonds is 3. The topological polar surface area (TPSA) is 26.0 Å². The molecule has 0 heterocycles. The molecule has 0 saturated heterocycles. The van der Waals surface area contributed by atoms with Gasteiger partial charge in [-0.15, -0.1) is 0 Å². The first-order valence-electron chi connectivity index (χ1n) is 5.00. The van der Waals surface area contributed by atoms with Crippen molar-refractivity contribution in [3.05, 3.63) is 60.2 Å². The SMILES string of the molecule is C=C(/C(C)=C/C=C\C)c1ccc(N)cc1. The molecule has 0 radical (unpaired) electrons. The van der Waals surface area contributed by atoms with E-state index in [0.29, 0.717) is 0 Å². The Kier molecular flexibility index (Phi) is 3.92. The minimum absolute atomic E-state index is 0.779. The average molecular weight is 199 g/mol. The predicted molar refractivity (Wildman–Crippen MR) is 68.5 cm³/mol. The van der Waals surface area contributed by atoms with E-state index >= 15 is 0 Å². The van der Waals surface area contributed by atoms with Gasteiger partial charge in [0.05, 0.1) is 0 Å². The minimum Gasteiger partial charge on any atom is -0.399 e. The third-order valence-corrected chi connectivity index (χ3v) is 2.27. The number of nitrogens with two attached hydrogens (primary N) is 1. The highest BCUT2D eigenvalue weighted by Gasteiger charge is 1.99. The number of nitrogen functional groups attached to an aromatic ring is 1. The van der Waals surface area contributed by atoms with Crippen molar-refractivity contribution in [3.63, 3.8) is 0 Å². The molecule has 2 N–H and O–H groups in total. The smallest absolute Gasteiger partial charge is 0.0314 e. The highest BCUT2D eigenvalue weighted by Crippen LogP contribution is 2.21. The lowest BCUT2D eigenvalue weighted by molar-refractivity contribution is 1.50. The third-order valence-electron chi connectivity index (χ3n) is 2.27. The van der Waals surface area contributed by atoms with E-state index in [9.17, 15) is 0 Å². The molecule has 1 aromatic rings. The van der Waals surface area contributed by atoms with Crippen LogP contribution in [0.5, 0.6) is 0 Å². The van der Waals surface area contributed by atoms with Crippen molar-refractivity contribution >= 4 is 11.3 Å². The van der Waals surface area contributed by atoms with E-state index in [1.165, 1.54) is 0 Å². The van der Waals surface area contributed by atoms with Crippen LogP contribution < -0.4 is 5.73 Å². The second-order valence-electron chi connectivity index (χ2n) is 3.48. The van der Waals surface area contributed by atoms with Crippen LogP contribution in [-0.4, -0.2) is 0 Å². The largest absolute Gasteiger partial charge is 0.399 e. The van der Waals surface area contributed by atoms with E-state index in [1.807, 2.05) is 43.3 Å². The van der Waals surface area contributed by atoms with Gasteiger partial charge in [-0.2, -0.15) is 0 Å². The van der Waals surface area contributed by atoms with Crippen LogP contribution in [0.1, 0.15) is 19.4 Å². The Morgan fingerprint density at radius 3 is 2.40 bits per heavy atom. The van der Waals surface area contributed by atoms with Gasteiger partial charge in [0.15, 0.2) is 0 Å². The maximum absolute atomic E-state index is 5.63. The van der Waals surface area contributed by atoms with Gasteiger partial charge in [-0.1, -0.05) is 36.9 Å². The first-order valence-corrected chi connectivity index (χ1v) is 5.00. The maximum Gasteiger partial charge on any atom is 0.0314 e. The zero-order chi connectivity index (χ0) is 11.3. The molecule has 0 saturated carbocycles. The fourth-order valence-corrected chi connectivity index (χ4v) is 1.25. The Morgan fingerprint density at radius 2 is 1.87 bits per heavy atom. The number of hydrogen-bond acceptors (Lipinski definition) is 1. The molecule has 1 heteroatoms. The van der Waals surface area contributed by atoms with Crippen LogP contribution >= 0.6 is 0 Å². The molecule has 0 aliphatic carbocycles. The summed E-state index contributed by atoms with van der Waals surface area (Å²) in [5, 5.41) is 0. The van der Waals surface area contributed by atoms with Crippen LogP contribution in [0.3, 0.4) is 0 Å². The van der Waals surface area contributed by atoms with Gasteiger partial charge in [0.2, 0.25) is 0 Å². The molecule has 0 aliphatic heterocycles. The molecule has 0 bridgehead atoms. The van der Waals surface area contributed by atoms with Gasteiger partial charge in [-0.25, -0.2) is 0 Å². The summed E-state index contributed by atoms with van der Waals surface area (Å²) in [6.07, 6.45) is 6.07. The zero-order valence-corrected chi connectivity index (χ0v) is 9.33. The van der Waals surface area contributed by atoms with E-state index < -0.39 is 0 Å². The molecular formula is C14H17N. The Balaban J connectivity index is 2.90. The summed E-state index contributed by atoms with van der Waals surface area (Å²) in [5.41, 5.74) is 9.72. The first-order chi connectivity index (χ1) is 7.15. The van der Waals surface area contributed by atoms with Crippen molar-refractivity contribution in [2.24, 2.45) is 0 Å². The van der Waals surface area contributed by atoms with Crippen molar-refractivity contribution < 1.29 is 0 Å². The van der Waals surface area contributed by atoms with Crippen molar-refractivity contribution in [3.8, 4) is 0 Å². The Hall–Kier alpha value is -1.76. The Labute approximate surface area is 91.6 Å². The van der Waals surface area contributed by atoms with Crippen LogP contribution in [0.4, 0.5) is 5.69 Å². The highest BCUT2D eigenvalue weighted by molar-refractivity contribution is 5.77. The molecule has 0 aromatic heterocycles. The predicted octanol–water partition coefficient (Wildman–Crippen LogP) is 3.80.